The molecule has 0 bridgehead atoms. The summed E-state index contributed by atoms with van der Waals surface area (Å²) in [6, 6.07) is 12.5. The number of nitrogens with one attached hydrogen (secondary N) is 1. The van der Waals surface area contributed by atoms with E-state index in [0.29, 0.717) is 6.54 Å². The largest absolute Gasteiger partial charge is 0.366 e. The van der Waals surface area contributed by atoms with Crippen molar-refractivity contribution in [2.24, 2.45) is 0 Å². The minimum atomic E-state index is -3.64. The minimum Gasteiger partial charge on any atom is -0.366 e. The second-order valence-electron chi connectivity index (χ2n) is 7.06. The van der Waals surface area contributed by atoms with Gasteiger partial charge in [0.15, 0.2) is 0 Å². The van der Waals surface area contributed by atoms with Crippen molar-refractivity contribution in [2.75, 3.05) is 32.1 Å². The fourth-order valence-electron chi connectivity index (χ4n) is 3.32. The van der Waals surface area contributed by atoms with Crippen molar-refractivity contribution in [1.29, 1.82) is 0 Å². The van der Waals surface area contributed by atoms with E-state index in [9.17, 15) is 13.2 Å². The van der Waals surface area contributed by atoms with Crippen LogP contribution in [0.4, 0.5) is 5.69 Å². The number of sulfonamides is 1. The lowest BCUT2D eigenvalue weighted by atomic mass is 10.1. The maximum atomic E-state index is 12.7. The quantitative estimate of drug-likeness (QED) is 0.778. The number of para-hydroxylation sites is 1. The topological polar surface area (TPSA) is 69.7 Å². The van der Waals surface area contributed by atoms with Gasteiger partial charge in [-0.05, 0) is 43.2 Å². The third-order valence-corrected chi connectivity index (χ3v) is 7.11. The van der Waals surface area contributed by atoms with Gasteiger partial charge in [-0.15, -0.1) is 0 Å². The monoisotopic (exact) mass is 421 g/mol. The number of rotatable bonds is 6. The van der Waals surface area contributed by atoms with E-state index in [1.807, 2.05) is 12.1 Å². The summed E-state index contributed by atoms with van der Waals surface area (Å²) in [5, 5.41) is 3.10. The fourth-order valence-corrected chi connectivity index (χ4v) is 4.45. The van der Waals surface area contributed by atoms with E-state index in [0.717, 1.165) is 17.3 Å². The van der Waals surface area contributed by atoms with E-state index in [1.165, 1.54) is 43.5 Å². The molecule has 1 amide bonds. The van der Waals surface area contributed by atoms with Gasteiger partial charge in [0.2, 0.25) is 10.0 Å². The van der Waals surface area contributed by atoms with Crippen LogP contribution in [0, 0.1) is 0 Å². The molecule has 1 aliphatic rings. The molecule has 1 heterocycles. The van der Waals surface area contributed by atoms with Crippen LogP contribution in [-0.4, -0.2) is 51.9 Å². The van der Waals surface area contributed by atoms with E-state index in [4.69, 9.17) is 11.6 Å². The molecule has 3 rings (SSSR count). The normalized spacial score (nSPS) is 14.8. The zero-order valence-electron chi connectivity index (χ0n) is 16.1. The molecule has 0 saturated heterocycles. The Hall–Kier alpha value is -2.09. The van der Waals surface area contributed by atoms with Crippen LogP contribution >= 0.6 is 11.6 Å². The Morgan fingerprint density at radius 1 is 1.25 bits per heavy atom. The van der Waals surface area contributed by atoms with Crippen molar-refractivity contribution < 1.29 is 13.2 Å². The van der Waals surface area contributed by atoms with Crippen LogP contribution in [0.5, 0.6) is 0 Å². The van der Waals surface area contributed by atoms with Crippen LogP contribution < -0.4 is 10.2 Å². The van der Waals surface area contributed by atoms with E-state index >= 15 is 0 Å². The maximum absolute atomic E-state index is 12.7. The number of amides is 1. The second-order valence-corrected chi connectivity index (χ2v) is 9.62. The molecule has 0 aromatic heterocycles. The summed E-state index contributed by atoms with van der Waals surface area (Å²) in [7, 11) is -0.754. The summed E-state index contributed by atoms with van der Waals surface area (Å²) in [6.45, 7) is 3.39. The lowest BCUT2D eigenvalue weighted by Crippen LogP contribution is -2.41. The van der Waals surface area contributed by atoms with Gasteiger partial charge in [0.1, 0.15) is 0 Å². The Morgan fingerprint density at radius 3 is 2.68 bits per heavy atom. The minimum absolute atomic E-state index is 0.0357. The van der Waals surface area contributed by atoms with Crippen molar-refractivity contribution in [3.63, 3.8) is 0 Å². The lowest BCUT2D eigenvalue weighted by Gasteiger charge is -2.27. The summed E-state index contributed by atoms with van der Waals surface area (Å²) < 4.78 is 25.7. The summed E-state index contributed by atoms with van der Waals surface area (Å²) >= 11 is 6.15. The highest BCUT2D eigenvalue weighted by molar-refractivity contribution is 7.89. The molecule has 0 fully saturated rings. The smallest absolute Gasteiger partial charge is 0.252 e. The lowest BCUT2D eigenvalue weighted by molar-refractivity contribution is 0.0951. The van der Waals surface area contributed by atoms with Crippen LogP contribution in [0.2, 0.25) is 5.02 Å². The Balaban J connectivity index is 1.72. The molecular weight excluding hydrogens is 398 g/mol. The number of carbonyl (C=O) groups is 1. The van der Waals surface area contributed by atoms with E-state index in [-0.39, 0.29) is 27.4 Å². The first-order valence-electron chi connectivity index (χ1n) is 9.06. The van der Waals surface area contributed by atoms with Gasteiger partial charge in [-0.2, -0.15) is 0 Å². The number of anilines is 1. The Kier molecular flexibility index (Phi) is 5.98. The molecule has 1 atom stereocenters. The molecule has 2 aromatic rings. The number of fused-ring (bicyclic) bond motifs is 1. The van der Waals surface area contributed by atoms with Crippen LogP contribution in [0.1, 0.15) is 22.8 Å². The Bertz CT molecular complexity index is 992. The second kappa shape index (κ2) is 8.11. The molecule has 6 nitrogen and oxygen atoms in total. The van der Waals surface area contributed by atoms with Gasteiger partial charge in [0.25, 0.3) is 5.91 Å². The average molecular weight is 422 g/mol. The van der Waals surface area contributed by atoms with Crippen LogP contribution in [0.15, 0.2) is 47.4 Å². The first kappa shape index (κ1) is 20.6. The number of halogens is 1. The molecular formula is C20H24ClN3O3S. The van der Waals surface area contributed by atoms with Crippen LogP contribution in [0.25, 0.3) is 0 Å². The number of carbonyl (C=O) groups excluding carboxylic acids is 1. The van der Waals surface area contributed by atoms with Crippen molar-refractivity contribution >= 4 is 33.2 Å². The summed E-state index contributed by atoms with van der Waals surface area (Å²) in [4.78, 5) is 15.0. The van der Waals surface area contributed by atoms with Gasteiger partial charge < -0.3 is 10.2 Å². The molecule has 1 unspecified atom stereocenters. The SMILES string of the molecule is CC(CNC(=O)c1cc(S(=O)(=O)N(C)C)ccc1Cl)N1CCc2ccccc21. The van der Waals surface area contributed by atoms with E-state index in [1.54, 1.807) is 0 Å². The standard InChI is InChI=1S/C20H24ClN3O3S/c1-14(24-11-10-15-6-4-5-7-19(15)24)13-22-20(25)17-12-16(8-9-18(17)21)28(26,27)23(2)3/h4-9,12,14H,10-11,13H2,1-3H3,(H,22,25). The molecule has 8 heteroatoms. The van der Waals surface area contributed by atoms with Crippen LogP contribution in [-0.2, 0) is 16.4 Å². The van der Waals surface area contributed by atoms with Crippen molar-refractivity contribution in [3.8, 4) is 0 Å². The Labute approximate surface area is 171 Å². The highest BCUT2D eigenvalue weighted by atomic mass is 35.5. The molecule has 1 N–H and O–H groups in total. The highest BCUT2D eigenvalue weighted by Gasteiger charge is 2.24. The molecule has 28 heavy (non-hydrogen) atoms. The number of benzene rings is 2. The molecule has 1 aliphatic heterocycles. The maximum Gasteiger partial charge on any atom is 0.252 e. The van der Waals surface area contributed by atoms with Crippen LogP contribution in [0.3, 0.4) is 0 Å². The zero-order chi connectivity index (χ0) is 20.5. The average Bonchev–Trinajstić information content (AvgIpc) is 3.10. The summed E-state index contributed by atoms with van der Waals surface area (Å²) in [6.07, 6.45) is 0.991. The predicted octanol–water partition coefficient (Wildman–Crippen LogP) is 2.77. The molecule has 0 aliphatic carbocycles. The zero-order valence-corrected chi connectivity index (χ0v) is 17.7. The predicted molar refractivity (Wildman–Crippen MR) is 112 cm³/mol. The third-order valence-electron chi connectivity index (χ3n) is 4.97. The fraction of sp³-hybridized carbons (Fsp3) is 0.350. The van der Waals surface area contributed by atoms with Gasteiger partial charge in [-0.3, -0.25) is 4.79 Å². The first-order valence-corrected chi connectivity index (χ1v) is 10.9. The van der Waals surface area contributed by atoms with Gasteiger partial charge in [-0.25, -0.2) is 12.7 Å². The summed E-state index contributed by atoms with van der Waals surface area (Å²) in [5.74, 6) is -0.389. The summed E-state index contributed by atoms with van der Waals surface area (Å²) in [5.41, 5.74) is 2.66. The third kappa shape index (κ3) is 4.01. The van der Waals surface area contributed by atoms with Gasteiger partial charge >= 0.3 is 0 Å². The van der Waals surface area contributed by atoms with E-state index in [2.05, 4.69) is 29.3 Å². The molecule has 0 saturated carbocycles. The van der Waals surface area contributed by atoms with Crippen molar-refractivity contribution in [3.05, 3.63) is 58.6 Å². The van der Waals surface area contributed by atoms with Gasteiger partial charge in [0.05, 0.1) is 15.5 Å². The molecule has 2 aromatic carbocycles. The molecule has 150 valence electrons. The molecule has 0 radical (unpaired) electrons. The first-order chi connectivity index (χ1) is 13.2. The molecule has 0 spiro atoms. The Morgan fingerprint density at radius 2 is 1.96 bits per heavy atom. The highest BCUT2D eigenvalue weighted by Crippen LogP contribution is 2.29. The number of hydrogen-bond donors (Lipinski definition) is 1. The van der Waals surface area contributed by atoms with Gasteiger partial charge in [0, 0.05) is 38.9 Å². The van der Waals surface area contributed by atoms with Crippen molar-refractivity contribution in [2.45, 2.75) is 24.3 Å². The van der Waals surface area contributed by atoms with E-state index < -0.39 is 10.0 Å². The number of nitrogens with zero attached hydrogens (tertiary/aromatic N) is 2. The van der Waals surface area contributed by atoms with Gasteiger partial charge in [-0.1, -0.05) is 29.8 Å². The number of hydrogen-bond acceptors (Lipinski definition) is 4. The van der Waals surface area contributed by atoms with Crippen molar-refractivity contribution in [1.82, 2.24) is 9.62 Å².